The Labute approximate surface area is 112 Å². The van der Waals surface area contributed by atoms with Gasteiger partial charge in [0.15, 0.2) is 11.4 Å². The summed E-state index contributed by atoms with van der Waals surface area (Å²) in [5, 5.41) is 28.7. The van der Waals surface area contributed by atoms with Crippen LogP contribution in [-0.4, -0.2) is 14.5 Å². The summed E-state index contributed by atoms with van der Waals surface area (Å²) in [6.07, 6.45) is 0. The first kappa shape index (κ1) is 11.7. The summed E-state index contributed by atoms with van der Waals surface area (Å²) in [6.45, 7) is 0.198. The van der Waals surface area contributed by atoms with Crippen molar-refractivity contribution in [1.29, 1.82) is 10.5 Å². The molecule has 1 aromatic carbocycles. The third-order valence-corrected chi connectivity index (χ3v) is 2.93. The summed E-state index contributed by atoms with van der Waals surface area (Å²) < 4.78 is 6.89. The van der Waals surface area contributed by atoms with Crippen molar-refractivity contribution in [1.82, 2.24) is 9.55 Å². The zero-order chi connectivity index (χ0) is 14.3. The molecule has 0 spiro atoms. The van der Waals surface area contributed by atoms with E-state index in [1.165, 1.54) is 22.8 Å². The molecule has 0 amide bonds. The fourth-order valence-electron chi connectivity index (χ4n) is 2.02. The molecule has 0 fully saturated rings. The Hall–Kier alpha value is -3.39. The maximum absolute atomic E-state index is 10.8. The standard InChI is InChI=1S/C12H5N5O3/c13-4-9-10(5-14)16-6-7-3-8(17(18)19)1-2-11(7)20-12(16)15-9/h1-3H,6H2. The van der Waals surface area contributed by atoms with E-state index < -0.39 is 4.92 Å². The van der Waals surface area contributed by atoms with Gasteiger partial charge in [0.05, 0.1) is 11.5 Å². The number of nitro groups is 1. The van der Waals surface area contributed by atoms with Crippen molar-refractivity contribution in [2.45, 2.75) is 6.54 Å². The van der Waals surface area contributed by atoms with Crippen LogP contribution in [0, 0.1) is 32.8 Å². The van der Waals surface area contributed by atoms with Gasteiger partial charge in [0.1, 0.15) is 17.9 Å². The molecule has 96 valence electrons. The number of fused-ring (bicyclic) bond motifs is 2. The summed E-state index contributed by atoms with van der Waals surface area (Å²) in [7, 11) is 0. The smallest absolute Gasteiger partial charge is 0.304 e. The second-order valence-electron chi connectivity index (χ2n) is 4.05. The normalized spacial score (nSPS) is 11.5. The minimum Gasteiger partial charge on any atom is -0.425 e. The van der Waals surface area contributed by atoms with Gasteiger partial charge >= 0.3 is 6.01 Å². The molecule has 8 heteroatoms. The Morgan fingerprint density at radius 2 is 2.20 bits per heavy atom. The van der Waals surface area contributed by atoms with E-state index in [1.54, 1.807) is 0 Å². The molecule has 1 aromatic heterocycles. The molecule has 0 N–H and O–H groups in total. The Morgan fingerprint density at radius 1 is 1.40 bits per heavy atom. The highest BCUT2D eigenvalue weighted by atomic mass is 16.6. The molecule has 1 aliphatic rings. The Balaban J connectivity index is 2.12. The third kappa shape index (κ3) is 1.56. The van der Waals surface area contributed by atoms with Gasteiger partial charge in [-0.15, -0.1) is 0 Å². The highest BCUT2D eigenvalue weighted by Crippen LogP contribution is 2.35. The zero-order valence-corrected chi connectivity index (χ0v) is 9.90. The number of nitro benzene ring substituents is 1. The molecule has 0 saturated carbocycles. The topological polar surface area (TPSA) is 118 Å². The minimum absolute atomic E-state index is 0.0233. The van der Waals surface area contributed by atoms with Gasteiger partial charge in [0, 0.05) is 17.7 Å². The van der Waals surface area contributed by atoms with Gasteiger partial charge in [0.25, 0.3) is 5.69 Å². The van der Waals surface area contributed by atoms with E-state index in [-0.39, 0.29) is 29.6 Å². The number of nitrogens with zero attached hydrogens (tertiary/aromatic N) is 5. The van der Waals surface area contributed by atoms with E-state index >= 15 is 0 Å². The molecule has 20 heavy (non-hydrogen) atoms. The number of imidazole rings is 1. The molecular formula is C12H5N5O3. The second-order valence-corrected chi connectivity index (χ2v) is 4.05. The molecule has 1 aliphatic heterocycles. The first-order valence-electron chi connectivity index (χ1n) is 5.50. The largest absolute Gasteiger partial charge is 0.425 e. The first-order valence-corrected chi connectivity index (χ1v) is 5.50. The molecule has 0 saturated heterocycles. The van der Waals surface area contributed by atoms with E-state index in [2.05, 4.69) is 4.98 Å². The van der Waals surface area contributed by atoms with Gasteiger partial charge in [-0.3, -0.25) is 14.7 Å². The summed E-state index contributed by atoms with van der Waals surface area (Å²) in [5.74, 6) is 0.432. The molecule has 8 nitrogen and oxygen atoms in total. The van der Waals surface area contributed by atoms with E-state index in [9.17, 15) is 10.1 Å². The second kappa shape index (κ2) is 4.07. The quantitative estimate of drug-likeness (QED) is 0.489. The summed E-state index contributed by atoms with van der Waals surface area (Å²) in [5.41, 5.74) is 0.560. The van der Waals surface area contributed by atoms with Crippen molar-refractivity contribution in [3.8, 4) is 23.9 Å². The predicted molar refractivity (Wildman–Crippen MR) is 63.9 cm³/mol. The zero-order valence-electron chi connectivity index (χ0n) is 9.90. The molecule has 0 radical (unpaired) electrons. The maximum atomic E-state index is 10.8. The first-order chi connectivity index (χ1) is 9.63. The lowest BCUT2D eigenvalue weighted by molar-refractivity contribution is -0.384. The Kier molecular flexibility index (Phi) is 2.38. The van der Waals surface area contributed by atoms with Crippen LogP contribution in [-0.2, 0) is 6.54 Å². The third-order valence-electron chi connectivity index (χ3n) is 2.93. The Morgan fingerprint density at radius 3 is 2.85 bits per heavy atom. The van der Waals surface area contributed by atoms with E-state index in [4.69, 9.17) is 15.3 Å². The van der Waals surface area contributed by atoms with Crippen molar-refractivity contribution >= 4 is 5.69 Å². The molecular weight excluding hydrogens is 262 g/mol. The fourth-order valence-corrected chi connectivity index (χ4v) is 2.02. The average molecular weight is 267 g/mol. The molecule has 0 bridgehead atoms. The minimum atomic E-state index is -0.504. The lowest BCUT2D eigenvalue weighted by atomic mass is 10.1. The highest BCUT2D eigenvalue weighted by molar-refractivity contribution is 5.49. The highest BCUT2D eigenvalue weighted by Gasteiger charge is 2.25. The van der Waals surface area contributed by atoms with Gasteiger partial charge in [-0.1, -0.05) is 0 Å². The molecule has 0 atom stereocenters. The van der Waals surface area contributed by atoms with Gasteiger partial charge in [-0.25, -0.2) is 0 Å². The number of nitriles is 2. The maximum Gasteiger partial charge on any atom is 0.304 e. The van der Waals surface area contributed by atoms with Gasteiger partial charge < -0.3 is 4.74 Å². The van der Waals surface area contributed by atoms with Crippen LogP contribution in [0.25, 0.3) is 0 Å². The number of ether oxygens (including phenoxy) is 1. The van der Waals surface area contributed by atoms with Crippen molar-refractivity contribution in [3.63, 3.8) is 0 Å². The van der Waals surface area contributed by atoms with Crippen molar-refractivity contribution < 1.29 is 9.66 Å². The van der Waals surface area contributed by atoms with Gasteiger partial charge in [0.2, 0.25) is 0 Å². The number of non-ortho nitro benzene ring substituents is 1. The fraction of sp³-hybridized carbons (Fsp3) is 0.0833. The molecule has 0 unspecified atom stereocenters. The average Bonchev–Trinajstić information content (AvgIpc) is 2.80. The molecule has 2 heterocycles. The molecule has 2 aromatic rings. The number of aromatic nitrogens is 2. The van der Waals surface area contributed by atoms with Gasteiger partial charge in [-0.05, 0) is 6.07 Å². The molecule has 0 aliphatic carbocycles. The summed E-state index contributed by atoms with van der Waals surface area (Å²) >= 11 is 0. The van der Waals surface area contributed by atoms with Crippen molar-refractivity contribution in [3.05, 3.63) is 45.3 Å². The Bertz CT molecular complexity index is 825. The van der Waals surface area contributed by atoms with Crippen LogP contribution in [0.2, 0.25) is 0 Å². The number of rotatable bonds is 1. The van der Waals surface area contributed by atoms with Crippen LogP contribution in [0.4, 0.5) is 5.69 Å². The lowest BCUT2D eigenvalue weighted by Gasteiger charge is -2.18. The van der Waals surface area contributed by atoms with Crippen LogP contribution in [0.5, 0.6) is 11.8 Å². The molecule has 3 rings (SSSR count). The number of benzene rings is 1. The van der Waals surface area contributed by atoms with Gasteiger partial charge in [-0.2, -0.15) is 15.5 Å². The van der Waals surface area contributed by atoms with Crippen LogP contribution >= 0.6 is 0 Å². The number of hydrogen-bond acceptors (Lipinski definition) is 6. The van der Waals surface area contributed by atoms with Crippen LogP contribution in [0.1, 0.15) is 17.0 Å². The van der Waals surface area contributed by atoms with E-state index in [0.29, 0.717) is 11.3 Å². The van der Waals surface area contributed by atoms with E-state index in [0.717, 1.165) is 0 Å². The summed E-state index contributed by atoms with van der Waals surface area (Å²) in [4.78, 5) is 14.2. The van der Waals surface area contributed by atoms with E-state index in [1.807, 2.05) is 12.1 Å². The van der Waals surface area contributed by atoms with Crippen molar-refractivity contribution in [2.75, 3.05) is 0 Å². The monoisotopic (exact) mass is 267 g/mol. The van der Waals surface area contributed by atoms with Crippen LogP contribution in [0.15, 0.2) is 18.2 Å². The number of hydrogen-bond donors (Lipinski definition) is 0. The predicted octanol–water partition coefficient (Wildman–Crippen LogP) is 1.69. The summed E-state index contributed by atoms with van der Waals surface area (Å²) in [6, 6.07) is 8.03. The lowest BCUT2D eigenvalue weighted by Crippen LogP contribution is -2.11. The van der Waals surface area contributed by atoms with Crippen LogP contribution < -0.4 is 4.74 Å². The van der Waals surface area contributed by atoms with Crippen molar-refractivity contribution in [2.24, 2.45) is 0 Å². The SMILES string of the molecule is N#Cc1nc2n(c1C#N)Cc1cc([N+](=O)[O-])ccc1O2. The van der Waals surface area contributed by atoms with Crippen LogP contribution in [0.3, 0.4) is 0 Å².